The van der Waals surface area contributed by atoms with Crippen molar-refractivity contribution in [2.75, 3.05) is 22.9 Å². The molecule has 1 amide bonds. The zero-order valence-electron chi connectivity index (χ0n) is 19.0. The summed E-state index contributed by atoms with van der Waals surface area (Å²) in [6.45, 7) is 1.99. The minimum atomic E-state index is -3.70. The van der Waals surface area contributed by atoms with Crippen molar-refractivity contribution < 1.29 is 17.9 Å². The highest BCUT2D eigenvalue weighted by atomic mass is 35.5. The van der Waals surface area contributed by atoms with Gasteiger partial charge in [-0.1, -0.05) is 48.0 Å². The fraction of sp³-hybridized carbons (Fsp3) is 0.240. The van der Waals surface area contributed by atoms with Crippen LogP contribution in [0.4, 0.5) is 5.69 Å². The third-order valence-corrected chi connectivity index (χ3v) is 7.54. The number of nitrogens with one attached hydrogen (secondary N) is 1. The molecule has 0 fully saturated rings. The van der Waals surface area contributed by atoms with Gasteiger partial charge in [0.1, 0.15) is 17.5 Å². The van der Waals surface area contributed by atoms with Gasteiger partial charge in [-0.2, -0.15) is 11.8 Å². The van der Waals surface area contributed by atoms with Crippen LogP contribution in [0.15, 0.2) is 78.9 Å². The molecule has 3 rings (SSSR count). The summed E-state index contributed by atoms with van der Waals surface area (Å²) in [5, 5.41) is 3.55. The van der Waals surface area contributed by atoms with Crippen LogP contribution in [0.2, 0.25) is 5.02 Å². The third-order valence-electron chi connectivity index (χ3n) is 4.92. The lowest BCUT2D eigenvalue weighted by Crippen LogP contribution is -2.48. The molecular weight excluding hydrogens is 492 g/mol. The summed E-state index contributed by atoms with van der Waals surface area (Å²) >= 11 is 7.80. The number of anilines is 1. The standard InChI is InChI=1S/C25H27ClN2O4S2/c1-19(25(29)27-16-17-33-18-20-8-6-7-11-24(20)26)28(34(2,30)31)21-12-14-23(15-13-21)32-22-9-4-3-5-10-22/h3-15,19H,16-18H2,1-2H3,(H,27,29)/t19-/m1/s1. The number of hydrogen-bond donors (Lipinski definition) is 1. The minimum absolute atomic E-state index is 0.367. The summed E-state index contributed by atoms with van der Waals surface area (Å²) in [5.41, 5.74) is 1.43. The molecule has 0 unspecified atom stereocenters. The second-order valence-electron chi connectivity index (χ2n) is 7.58. The summed E-state index contributed by atoms with van der Waals surface area (Å²) in [6.07, 6.45) is 1.09. The Morgan fingerprint density at radius 3 is 2.26 bits per heavy atom. The second kappa shape index (κ2) is 12.1. The molecule has 0 aliphatic heterocycles. The first kappa shape index (κ1) is 25.9. The lowest BCUT2D eigenvalue weighted by atomic mass is 10.2. The Morgan fingerprint density at radius 2 is 1.62 bits per heavy atom. The van der Waals surface area contributed by atoms with E-state index in [-0.39, 0.29) is 5.91 Å². The van der Waals surface area contributed by atoms with E-state index in [1.54, 1.807) is 43.0 Å². The van der Waals surface area contributed by atoms with Crippen LogP contribution in [-0.2, 0) is 20.6 Å². The van der Waals surface area contributed by atoms with Crippen molar-refractivity contribution in [3.63, 3.8) is 0 Å². The molecule has 0 aliphatic rings. The molecule has 0 aromatic heterocycles. The Morgan fingerprint density at radius 1 is 1.00 bits per heavy atom. The van der Waals surface area contributed by atoms with E-state index in [1.165, 1.54) is 0 Å². The highest BCUT2D eigenvalue weighted by molar-refractivity contribution is 7.98. The molecular formula is C25H27ClN2O4S2. The van der Waals surface area contributed by atoms with Crippen LogP contribution >= 0.6 is 23.4 Å². The van der Waals surface area contributed by atoms with Gasteiger partial charge in [0.2, 0.25) is 15.9 Å². The largest absolute Gasteiger partial charge is 0.457 e. The summed E-state index contributed by atoms with van der Waals surface area (Å²) in [6, 6.07) is 22.6. The Hall–Kier alpha value is -2.68. The summed E-state index contributed by atoms with van der Waals surface area (Å²) in [5.74, 6) is 2.28. The number of ether oxygens (including phenoxy) is 1. The number of sulfonamides is 1. The van der Waals surface area contributed by atoms with Gasteiger partial charge in [0.25, 0.3) is 0 Å². The number of amides is 1. The van der Waals surface area contributed by atoms with E-state index in [4.69, 9.17) is 16.3 Å². The van der Waals surface area contributed by atoms with Crippen LogP contribution in [0.3, 0.4) is 0 Å². The first-order valence-electron chi connectivity index (χ1n) is 10.7. The van der Waals surface area contributed by atoms with Crippen molar-refractivity contribution in [2.24, 2.45) is 0 Å². The molecule has 34 heavy (non-hydrogen) atoms. The van der Waals surface area contributed by atoms with Crippen LogP contribution in [0.5, 0.6) is 11.5 Å². The zero-order chi connectivity index (χ0) is 24.6. The maximum Gasteiger partial charge on any atom is 0.243 e. The molecule has 9 heteroatoms. The van der Waals surface area contributed by atoms with Gasteiger partial charge >= 0.3 is 0 Å². The number of thioether (sulfide) groups is 1. The number of hydrogen-bond acceptors (Lipinski definition) is 5. The highest BCUT2D eigenvalue weighted by Gasteiger charge is 2.29. The third kappa shape index (κ3) is 7.41. The molecule has 1 atom stereocenters. The first-order chi connectivity index (χ1) is 16.3. The average molecular weight is 519 g/mol. The molecule has 6 nitrogen and oxygen atoms in total. The van der Waals surface area contributed by atoms with E-state index in [1.807, 2.05) is 54.6 Å². The van der Waals surface area contributed by atoms with E-state index in [0.717, 1.165) is 26.9 Å². The summed E-state index contributed by atoms with van der Waals surface area (Å²) in [4.78, 5) is 12.7. The number of carbonyl (C=O) groups is 1. The number of rotatable bonds is 11. The fourth-order valence-electron chi connectivity index (χ4n) is 3.29. The number of para-hydroxylation sites is 1. The molecule has 0 radical (unpaired) electrons. The molecule has 0 saturated heterocycles. The molecule has 1 N–H and O–H groups in total. The average Bonchev–Trinajstić information content (AvgIpc) is 2.81. The van der Waals surface area contributed by atoms with Crippen molar-refractivity contribution in [3.05, 3.63) is 89.4 Å². The van der Waals surface area contributed by atoms with Gasteiger partial charge in [-0.25, -0.2) is 8.42 Å². The van der Waals surface area contributed by atoms with E-state index in [2.05, 4.69) is 5.32 Å². The Kier molecular flexibility index (Phi) is 9.27. The van der Waals surface area contributed by atoms with Crippen molar-refractivity contribution in [2.45, 2.75) is 18.7 Å². The van der Waals surface area contributed by atoms with Gasteiger partial charge in [-0.05, 0) is 55.0 Å². The maximum atomic E-state index is 12.7. The normalized spacial score (nSPS) is 12.1. The lowest BCUT2D eigenvalue weighted by molar-refractivity contribution is -0.121. The van der Waals surface area contributed by atoms with Gasteiger partial charge in [0.05, 0.1) is 11.9 Å². The van der Waals surface area contributed by atoms with E-state index >= 15 is 0 Å². The Labute approximate surface area is 210 Å². The van der Waals surface area contributed by atoms with Crippen LogP contribution in [-0.4, -0.2) is 38.9 Å². The topological polar surface area (TPSA) is 75.7 Å². The van der Waals surface area contributed by atoms with Crippen LogP contribution in [0.25, 0.3) is 0 Å². The number of nitrogens with zero attached hydrogens (tertiary/aromatic N) is 1. The van der Waals surface area contributed by atoms with Gasteiger partial charge in [-0.3, -0.25) is 9.10 Å². The van der Waals surface area contributed by atoms with Crippen LogP contribution in [0.1, 0.15) is 12.5 Å². The SMILES string of the molecule is C[C@H](C(=O)NCCSCc1ccccc1Cl)N(c1ccc(Oc2ccccc2)cc1)S(C)(=O)=O. The minimum Gasteiger partial charge on any atom is -0.457 e. The molecule has 0 spiro atoms. The summed E-state index contributed by atoms with van der Waals surface area (Å²) < 4.78 is 31.9. The molecule has 0 saturated carbocycles. The van der Waals surface area contributed by atoms with Crippen molar-refractivity contribution >= 4 is 45.0 Å². The van der Waals surface area contributed by atoms with E-state index in [0.29, 0.717) is 29.5 Å². The van der Waals surface area contributed by atoms with Gasteiger partial charge in [0.15, 0.2) is 0 Å². The quantitative estimate of drug-likeness (QED) is 0.347. The molecule has 3 aromatic carbocycles. The molecule has 0 heterocycles. The molecule has 180 valence electrons. The van der Waals surface area contributed by atoms with Crippen molar-refractivity contribution in [1.29, 1.82) is 0 Å². The maximum absolute atomic E-state index is 12.7. The second-order valence-corrected chi connectivity index (χ2v) is 11.0. The number of halogens is 1. The molecule has 3 aromatic rings. The van der Waals surface area contributed by atoms with Crippen molar-refractivity contribution in [3.8, 4) is 11.5 Å². The fourth-order valence-corrected chi connectivity index (χ4v) is 5.61. The molecule has 0 aliphatic carbocycles. The predicted molar refractivity (Wildman–Crippen MR) is 140 cm³/mol. The van der Waals surface area contributed by atoms with Crippen molar-refractivity contribution in [1.82, 2.24) is 5.32 Å². The smallest absolute Gasteiger partial charge is 0.243 e. The predicted octanol–water partition coefficient (Wildman–Crippen LogP) is 5.34. The van der Waals surface area contributed by atoms with E-state index in [9.17, 15) is 13.2 Å². The molecule has 0 bridgehead atoms. The van der Waals surface area contributed by atoms with Crippen LogP contribution in [0, 0.1) is 0 Å². The Balaban J connectivity index is 1.57. The van der Waals surface area contributed by atoms with Gasteiger partial charge in [0, 0.05) is 23.1 Å². The van der Waals surface area contributed by atoms with Gasteiger partial charge in [-0.15, -0.1) is 0 Å². The zero-order valence-corrected chi connectivity index (χ0v) is 21.4. The lowest BCUT2D eigenvalue weighted by Gasteiger charge is -2.28. The number of benzene rings is 3. The van der Waals surface area contributed by atoms with Gasteiger partial charge < -0.3 is 10.1 Å². The summed E-state index contributed by atoms with van der Waals surface area (Å²) in [7, 11) is -3.70. The first-order valence-corrected chi connectivity index (χ1v) is 14.0. The number of carbonyl (C=O) groups excluding carboxylic acids is 1. The van der Waals surface area contributed by atoms with Crippen LogP contribution < -0.4 is 14.4 Å². The monoisotopic (exact) mass is 518 g/mol. The Bertz CT molecular complexity index is 1190. The highest BCUT2D eigenvalue weighted by Crippen LogP contribution is 2.27. The van der Waals surface area contributed by atoms with E-state index < -0.39 is 16.1 Å².